The maximum Gasteiger partial charge on any atom is 0.377 e. The van der Waals surface area contributed by atoms with Crippen molar-refractivity contribution in [2.45, 2.75) is 58.4 Å². The van der Waals surface area contributed by atoms with Gasteiger partial charge in [-0.3, -0.25) is 28.9 Å². The summed E-state index contributed by atoms with van der Waals surface area (Å²) in [5, 5.41) is 2.95. The number of ether oxygens (including phenoxy) is 3. The number of hydrogen-bond donors (Lipinski definition) is 0. The van der Waals surface area contributed by atoms with Gasteiger partial charge in [-0.1, -0.05) is 30.3 Å². The minimum atomic E-state index is -2.26. The van der Waals surface area contributed by atoms with Crippen molar-refractivity contribution >= 4 is 46.1 Å². The van der Waals surface area contributed by atoms with E-state index in [-0.39, 0.29) is 12.8 Å². The summed E-state index contributed by atoms with van der Waals surface area (Å²) in [5.41, 5.74) is -2.54. The summed E-state index contributed by atoms with van der Waals surface area (Å²) < 4.78 is 15.5. The summed E-state index contributed by atoms with van der Waals surface area (Å²) in [6.45, 7) is 5.46. The molecule has 2 saturated heterocycles. The summed E-state index contributed by atoms with van der Waals surface area (Å²) in [5.74, 6) is -3.71. The first-order valence-electron chi connectivity index (χ1n) is 11.9. The van der Waals surface area contributed by atoms with Crippen molar-refractivity contribution in [3.05, 3.63) is 53.4 Å². The summed E-state index contributed by atoms with van der Waals surface area (Å²) in [7, 11) is 0. The Kier molecular flexibility index (Phi) is 7.56. The van der Waals surface area contributed by atoms with Crippen LogP contribution in [0.3, 0.4) is 0 Å². The highest BCUT2D eigenvalue weighted by atomic mass is 32.1. The molecule has 3 atom stereocenters. The maximum atomic E-state index is 14.0. The first-order chi connectivity index (χ1) is 18.0. The SMILES string of the molecule is CC(=O)N(c1cccs1)C1C(=O)N(C2(C(=O)OCOC(=O)C(C)(C)C)CCC(=O)O2)OC1c1ccccc1. The van der Waals surface area contributed by atoms with Crippen molar-refractivity contribution in [3.63, 3.8) is 0 Å². The molecule has 0 spiro atoms. The normalized spacial score (nSPS) is 23.2. The van der Waals surface area contributed by atoms with Crippen LogP contribution in [0.1, 0.15) is 52.2 Å². The monoisotopic (exact) mass is 544 g/mol. The molecule has 4 rings (SSSR count). The van der Waals surface area contributed by atoms with Crippen LogP contribution in [0.5, 0.6) is 0 Å². The molecule has 2 fully saturated rings. The number of thiophene rings is 1. The molecule has 3 unspecified atom stereocenters. The Hall–Kier alpha value is -3.77. The molecule has 2 aliphatic heterocycles. The van der Waals surface area contributed by atoms with Crippen LogP contribution in [0.2, 0.25) is 0 Å². The van der Waals surface area contributed by atoms with E-state index in [0.717, 1.165) is 0 Å². The molecule has 1 aromatic carbocycles. The highest BCUT2D eigenvalue weighted by Crippen LogP contribution is 2.44. The van der Waals surface area contributed by atoms with Crippen LogP contribution in [0.25, 0.3) is 0 Å². The van der Waals surface area contributed by atoms with E-state index in [1.807, 2.05) is 0 Å². The van der Waals surface area contributed by atoms with Crippen molar-refractivity contribution < 1.29 is 43.0 Å². The number of nitrogens with zero attached hydrogens (tertiary/aromatic N) is 2. The summed E-state index contributed by atoms with van der Waals surface area (Å²) in [6, 6.07) is 10.9. The zero-order chi connectivity index (χ0) is 27.7. The molecular weight excluding hydrogens is 516 g/mol. The number of hydroxylamine groups is 2. The van der Waals surface area contributed by atoms with Crippen LogP contribution in [-0.4, -0.2) is 53.3 Å². The molecule has 0 N–H and O–H groups in total. The van der Waals surface area contributed by atoms with Gasteiger partial charge in [0.2, 0.25) is 12.7 Å². The smallest absolute Gasteiger partial charge is 0.377 e. The summed E-state index contributed by atoms with van der Waals surface area (Å²) >= 11 is 1.25. The van der Waals surface area contributed by atoms with Gasteiger partial charge in [0, 0.05) is 13.3 Å². The van der Waals surface area contributed by atoms with Crippen molar-refractivity contribution in [3.8, 4) is 0 Å². The third kappa shape index (κ3) is 5.14. The fraction of sp³-hybridized carbons (Fsp3) is 0.423. The molecule has 0 saturated carbocycles. The van der Waals surface area contributed by atoms with Gasteiger partial charge in [0.25, 0.3) is 5.91 Å². The van der Waals surface area contributed by atoms with Gasteiger partial charge in [-0.25, -0.2) is 4.79 Å². The van der Waals surface area contributed by atoms with Crippen molar-refractivity contribution in [2.24, 2.45) is 5.41 Å². The third-order valence-electron chi connectivity index (χ3n) is 6.04. The van der Waals surface area contributed by atoms with Gasteiger partial charge in [0.1, 0.15) is 6.10 Å². The number of benzene rings is 1. The molecule has 0 aliphatic carbocycles. The predicted molar refractivity (Wildman–Crippen MR) is 133 cm³/mol. The van der Waals surface area contributed by atoms with Gasteiger partial charge < -0.3 is 14.2 Å². The molecule has 2 aliphatic rings. The van der Waals surface area contributed by atoms with Crippen LogP contribution in [0, 0.1) is 5.41 Å². The van der Waals surface area contributed by atoms with Crippen LogP contribution < -0.4 is 4.90 Å². The molecule has 2 amide bonds. The highest BCUT2D eigenvalue weighted by molar-refractivity contribution is 7.14. The van der Waals surface area contributed by atoms with Gasteiger partial charge >= 0.3 is 23.6 Å². The molecule has 1 aromatic heterocycles. The Morgan fingerprint density at radius 3 is 2.37 bits per heavy atom. The number of carbonyl (C=O) groups excluding carboxylic acids is 5. The molecule has 38 heavy (non-hydrogen) atoms. The van der Waals surface area contributed by atoms with Crippen LogP contribution in [0.4, 0.5) is 5.00 Å². The Labute approximate surface area is 223 Å². The number of amides is 2. The molecule has 12 heteroatoms. The quantitative estimate of drug-likeness (QED) is 0.381. The van der Waals surface area contributed by atoms with E-state index in [1.165, 1.54) is 23.2 Å². The van der Waals surface area contributed by atoms with E-state index in [0.29, 0.717) is 15.6 Å². The number of anilines is 1. The highest BCUT2D eigenvalue weighted by Gasteiger charge is 2.63. The maximum absolute atomic E-state index is 14.0. The second-order valence-electron chi connectivity index (χ2n) is 9.84. The number of hydrogen-bond acceptors (Lipinski definition) is 10. The molecule has 0 radical (unpaired) electrons. The summed E-state index contributed by atoms with van der Waals surface area (Å²) in [6.07, 6.45) is -1.47. The van der Waals surface area contributed by atoms with E-state index in [9.17, 15) is 24.0 Å². The van der Waals surface area contributed by atoms with Crippen molar-refractivity contribution in [1.29, 1.82) is 0 Å². The zero-order valence-electron chi connectivity index (χ0n) is 21.4. The average Bonchev–Trinajstić information content (AvgIpc) is 3.60. The molecule has 202 valence electrons. The minimum Gasteiger partial charge on any atom is -0.427 e. The van der Waals surface area contributed by atoms with E-state index >= 15 is 0 Å². The molecule has 3 heterocycles. The average molecular weight is 545 g/mol. The van der Waals surface area contributed by atoms with Gasteiger partial charge in [-0.15, -0.1) is 11.3 Å². The second-order valence-corrected chi connectivity index (χ2v) is 10.8. The largest absolute Gasteiger partial charge is 0.427 e. The Morgan fingerprint density at radius 2 is 1.82 bits per heavy atom. The minimum absolute atomic E-state index is 0.188. The van der Waals surface area contributed by atoms with E-state index in [2.05, 4.69) is 0 Å². The lowest BCUT2D eigenvalue weighted by atomic mass is 9.98. The van der Waals surface area contributed by atoms with Gasteiger partial charge in [0.15, 0.2) is 6.04 Å². The van der Waals surface area contributed by atoms with Crippen molar-refractivity contribution in [1.82, 2.24) is 5.06 Å². The molecule has 0 bridgehead atoms. The molecular formula is C26H28N2O9S. The van der Waals surface area contributed by atoms with E-state index in [4.69, 9.17) is 19.0 Å². The third-order valence-corrected chi connectivity index (χ3v) is 6.91. The first kappa shape index (κ1) is 27.3. The Balaban J connectivity index is 1.69. The lowest BCUT2D eigenvalue weighted by Gasteiger charge is -2.33. The van der Waals surface area contributed by atoms with E-state index in [1.54, 1.807) is 68.6 Å². The lowest BCUT2D eigenvalue weighted by Crippen LogP contribution is -2.57. The predicted octanol–water partition coefficient (Wildman–Crippen LogP) is 3.11. The fourth-order valence-corrected chi connectivity index (χ4v) is 4.97. The first-order valence-corrected chi connectivity index (χ1v) is 12.8. The van der Waals surface area contributed by atoms with Gasteiger partial charge in [-0.2, -0.15) is 5.06 Å². The topological polar surface area (TPSA) is 129 Å². The van der Waals surface area contributed by atoms with E-state index < -0.39 is 59.8 Å². The second kappa shape index (κ2) is 10.5. The van der Waals surface area contributed by atoms with Crippen LogP contribution in [-0.2, 0) is 43.0 Å². The van der Waals surface area contributed by atoms with Crippen molar-refractivity contribution in [2.75, 3.05) is 11.7 Å². The zero-order valence-corrected chi connectivity index (χ0v) is 22.2. The Morgan fingerprint density at radius 1 is 1.11 bits per heavy atom. The standard InChI is InChI=1S/C26H28N2O9S/c1-16(29)27(18-11-8-14-38-18)20-21(17-9-6-5-7-10-17)37-28(22(20)31)26(13-12-19(30)36-26)24(33)35-15-34-23(32)25(2,3)4/h5-11,14,20-21H,12-13,15H2,1-4H3. The van der Waals surface area contributed by atoms with Crippen LogP contribution >= 0.6 is 11.3 Å². The number of cyclic esters (lactones) is 1. The molecule has 2 aromatic rings. The molecule has 11 nitrogen and oxygen atoms in total. The summed E-state index contributed by atoms with van der Waals surface area (Å²) in [4.78, 5) is 71.8. The van der Waals surface area contributed by atoms with Crippen LogP contribution in [0.15, 0.2) is 47.8 Å². The number of carbonyl (C=O) groups is 5. The lowest BCUT2D eigenvalue weighted by molar-refractivity contribution is -0.274. The fourth-order valence-electron chi connectivity index (χ4n) is 4.16. The number of rotatable bonds is 7. The Bertz CT molecular complexity index is 1230. The number of esters is 3. The van der Waals surface area contributed by atoms with Gasteiger partial charge in [-0.05, 0) is 43.8 Å². The van der Waals surface area contributed by atoms with Gasteiger partial charge in [0.05, 0.1) is 16.8 Å².